The summed E-state index contributed by atoms with van der Waals surface area (Å²) in [5.41, 5.74) is 1.36. The fourth-order valence-electron chi connectivity index (χ4n) is 4.85. The Morgan fingerprint density at radius 3 is 2.49 bits per heavy atom. The zero-order chi connectivity index (χ0) is 28.3. The van der Waals surface area contributed by atoms with Crippen LogP contribution in [0.25, 0.3) is 10.9 Å². The van der Waals surface area contributed by atoms with E-state index in [4.69, 9.17) is 10.1 Å². The van der Waals surface area contributed by atoms with E-state index in [1.807, 2.05) is 20.8 Å². The smallest absolute Gasteiger partial charge is 0.410 e. The number of carbonyl (C=O) groups is 2. The van der Waals surface area contributed by atoms with Crippen molar-refractivity contribution in [3.05, 3.63) is 70.4 Å². The molecule has 10 heteroatoms. The lowest BCUT2D eigenvalue weighted by Gasteiger charge is -2.26. The molecule has 39 heavy (non-hydrogen) atoms. The van der Waals surface area contributed by atoms with Crippen LogP contribution >= 0.6 is 0 Å². The Bertz CT molecular complexity index is 1400. The first-order valence-corrected chi connectivity index (χ1v) is 13.0. The number of nitrogens with one attached hydrogen (secondary N) is 2. The van der Waals surface area contributed by atoms with Crippen LogP contribution < -0.4 is 5.32 Å². The van der Waals surface area contributed by atoms with Gasteiger partial charge in [-0.25, -0.2) is 13.6 Å². The van der Waals surface area contributed by atoms with E-state index in [1.165, 1.54) is 12.1 Å². The summed E-state index contributed by atoms with van der Waals surface area (Å²) < 4.78 is 36.4. The number of aromatic nitrogens is 1. The molecule has 0 radical (unpaired) electrons. The molecule has 2 amide bonds. The Morgan fingerprint density at radius 1 is 1.05 bits per heavy atom. The fourth-order valence-corrected chi connectivity index (χ4v) is 4.85. The van der Waals surface area contributed by atoms with Crippen LogP contribution in [0.4, 0.5) is 13.6 Å². The molecule has 0 saturated carbocycles. The van der Waals surface area contributed by atoms with Gasteiger partial charge in [0.25, 0.3) is 5.91 Å². The highest BCUT2D eigenvalue weighted by Gasteiger charge is 2.26. The van der Waals surface area contributed by atoms with Crippen molar-refractivity contribution >= 4 is 29.1 Å². The lowest BCUT2D eigenvalue weighted by Crippen LogP contribution is -2.39. The zero-order valence-corrected chi connectivity index (χ0v) is 22.8. The van der Waals surface area contributed by atoms with E-state index >= 15 is 4.39 Å². The standard InChI is InChI=1S/C29H35F2N5O3/c1-29(2,3)39-28(38)36-11-7-10-35(12-13-36)18-20-14-25-21(15-24(20)31)22(16-32)26(34(25)4)27(37)33-17-19-8-5-6-9-23(19)30/h5-6,8-9,14-16,32H,7,10-13,17-18H2,1-4H3,(H,33,37). The maximum atomic E-state index is 15.3. The highest BCUT2D eigenvalue weighted by molar-refractivity contribution is 6.10. The summed E-state index contributed by atoms with van der Waals surface area (Å²) in [5, 5.41) is 11.1. The van der Waals surface area contributed by atoms with Crippen LogP contribution in [0.2, 0.25) is 0 Å². The first-order valence-electron chi connectivity index (χ1n) is 13.0. The van der Waals surface area contributed by atoms with Gasteiger partial charge in [0.1, 0.15) is 22.9 Å². The number of hydrogen-bond acceptors (Lipinski definition) is 5. The quantitative estimate of drug-likeness (QED) is 0.439. The third kappa shape index (κ3) is 6.44. The van der Waals surface area contributed by atoms with Gasteiger partial charge in [-0.2, -0.15) is 0 Å². The van der Waals surface area contributed by atoms with Crippen molar-refractivity contribution in [3.8, 4) is 0 Å². The van der Waals surface area contributed by atoms with E-state index in [0.717, 1.165) is 12.6 Å². The van der Waals surface area contributed by atoms with Crippen molar-refractivity contribution in [2.45, 2.75) is 45.9 Å². The number of amides is 2. The monoisotopic (exact) mass is 539 g/mol. The van der Waals surface area contributed by atoms with Gasteiger partial charge in [0.2, 0.25) is 0 Å². The Labute approximate surface area is 227 Å². The number of nitrogens with zero attached hydrogens (tertiary/aromatic N) is 3. The number of benzene rings is 2. The molecule has 1 aliphatic rings. The summed E-state index contributed by atoms with van der Waals surface area (Å²) in [4.78, 5) is 29.4. The molecule has 2 heterocycles. The molecule has 0 atom stereocenters. The summed E-state index contributed by atoms with van der Waals surface area (Å²) in [6.45, 7) is 8.13. The minimum atomic E-state index is -0.570. The fraction of sp³-hybridized carbons (Fsp3) is 0.414. The normalized spacial score (nSPS) is 14.8. The maximum absolute atomic E-state index is 15.3. The van der Waals surface area contributed by atoms with E-state index in [0.29, 0.717) is 60.3 Å². The number of carbonyl (C=O) groups excluding carboxylic acids is 2. The molecule has 208 valence electrons. The lowest BCUT2D eigenvalue weighted by molar-refractivity contribution is 0.0257. The first-order chi connectivity index (χ1) is 18.5. The molecule has 1 aromatic heterocycles. The second-order valence-corrected chi connectivity index (χ2v) is 10.8. The highest BCUT2D eigenvalue weighted by Crippen LogP contribution is 2.28. The highest BCUT2D eigenvalue weighted by atomic mass is 19.1. The predicted octanol–water partition coefficient (Wildman–Crippen LogP) is 4.83. The average molecular weight is 540 g/mol. The zero-order valence-electron chi connectivity index (χ0n) is 22.8. The van der Waals surface area contributed by atoms with Gasteiger partial charge in [-0.1, -0.05) is 18.2 Å². The third-order valence-corrected chi connectivity index (χ3v) is 6.80. The summed E-state index contributed by atoms with van der Waals surface area (Å²) in [6.07, 6.45) is 1.43. The van der Waals surface area contributed by atoms with Gasteiger partial charge >= 0.3 is 6.09 Å². The lowest BCUT2D eigenvalue weighted by atomic mass is 10.1. The summed E-state index contributed by atoms with van der Waals surface area (Å²) in [6, 6.07) is 9.25. The average Bonchev–Trinajstić information content (AvgIpc) is 3.00. The molecule has 0 aliphatic carbocycles. The molecule has 4 rings (SSSR count). The Morgan fingerprint density at radius 2 is 1.79 bits per heavy atom. The number of fused-ring (bicyclic) bond motifs is 1. The number of aryl methyl sites for hydroxylation is 1. The second-order valence-electron chi connectivity index (χ2n) is 10.8. The molecule has 1 aliphatic heterocycles. The molecule has 2 aromatic carbocycles. The van der Waals surface area contributed by atoms with E-state index in [2.05, 4.69) is 10.2 Å². The third-order valence-electron chi connectivity index (χ3n) is 6.80. The van der Waals surface area contributed by atoms with E-state index in [9.17, 15) is 14.0 Å². The van der Waals surface area contributed by atoms with E-state index < -0.39 is 23.1 Å². The second kappa shape index (κ2) is 11.5. The van der Waals surface area contributed by atoms with Gasteiger partial charge < -0.3 is 24.9 Å². The molecule has 0 unspecified atom stereocenters. The number of ether oxygens (including phenoxy) is 1. The van der Waals surface area contributed by atoms with Crippen LogP contribution in [0.3, 0.4) is 0 Å². The van der Waals surface area contributed by atoms with Crippen LogP contribution in [0, 0.1) is 17.0 Å². The minimum Gasteiger partial charge on any atom is -0.444 e. The number of hydrogen-bond donors (Lipinski definition) is 2. The van der Waals surface area contributed by atoms with Gasteiger partial charge in [0.05, 0.1) is 0 Å². The van der Waals surface area contributed by atoms with Crippen molar-refractivity contribution in [1.82, 2.24) is 19.7 Å². The molecular weight excluding hydrogens is 504 g/mol. The largest absolute Gasteiger partial charge is 0.444 e. The SMILES string of the molecule is Cn1c(C(=O)NCc2ccccc2F)c(C=N)c2cc(F)c(CN3CCCN(C(=O)OC(C)(C)C)CC3)cc21. The van der Waals surface area contributed by atoms with Gasteiger partial charge in [-0.15, -0.1) is 0 Å². The van der Waals surface area contributed by atoms with Gasteiger partial charge in [-0.05, 0) is 45.4 Å². The topological polar surface area (TPSA) is 90.7 Å². The molecule has 0 spiro atoms. The number of rotatable bonds is 6. The van der Waals surface area contributed by atoms with Crippen molar-refractivity contribution < 1.29 is 23.1 Å². The molecule has 3 aromatic rings. The van der Waals surface area contributed by atoms with Crippen LogP contribution in [0.15, 0.2) is 36.4 Å². The van der Waals surface area contributed by atoms with E-state index in [1.54, 1.807) is 40.8 Å². The van der Waals surface area contributed by atoms with Crippen molar-refractivity contribution in [2.24, 2.45) is 7.05 Å². The van der Waals surface area contributed by atoms with Crippen LogP contribution in [0.1, 0.15) is 54.4 Å². The van der Waals surface area contributed by atoms with Gasteiger partial charge in [-0.3, -0.25) is 9.69 Å². The van der Waals surface area contributed by atoms with Gasteiger partial charge in [0, 0.05) is 80.1 Å². The van der Waals surface area contributed by atoms with Crippen molar-refractivity contribution in [1.29, 1.82) is 5.41 Å². The summed E-state index contributed by atoms with van der Waals surface area (Å²) in [5.74, 6) is -1.33. The molecule has 1 fully saturated rings. The molecule has 2 N–H and O–H groups in total. The number of halogens is 2. The van der Waals surface area contributed by atoms with Gasteiger partial charge in [0.15, 0.2) is 0 Å². The minimum absolute atomic E-state index is 0.0145. The molecule has 8 nitrogen and oxygen atoms in total. The Kier molecular flexibility index (Phi) is 8.34. The predicted molar refractivity (Wildman–Crippen MR) is 146 cm³/mol. The van der Waals surface area contributed by atoms with Crippen molar-refractivity contribution in [2.75, 3.05) is 26.2 Å². The Hall–Kier alpha value is -3.79. The maximum Gasteiger partial charge on any atom is 0.410 e. The summed E-state index contributed by atoms with van der Waals surface area (Å²) >= 11 is 0. The Balaban J connectivity index is 1.52. The summed E-state index contributed by atoms with van der Waals surface area (Å²) in [7, 11) is 1.69. The van der Waals surface area contributed by atoms with Crippen LogP contribution in [-0.2, 0) is 24.9 Å². The molecular formula is C29H35F2N5O3. The van der Waals surface area contributed by atoms with Crippen molar-refractivity contribution in [3.63, 3.8) is 0 Å². The first kappa shape index (κ1) is 28.2. The molecule has 1 saturated heterocycles. The van der Waals surface area contributed by atoms with Crippen LogP contribution in [0.5, 0.6) is 0 Å². The van der Waals surface area contributed by atoms with E-state index in [-0.39, 0.29) is 18.3 Å². The van der Waals surface area contributed by atoms with Crippen LogP contribution in [-0.4, -0.2) is 64.4 Å². The molecule has 0 bridgehead atoms.